The highest BCUT2D eigenvalue weighted by Crippen LogP contribution is 2.62. The molecule has 6 heavy (non-hydrogen) atoms. The topological polar surface area (TPSA) is 20.2 Å². The minimum atomic E-state index is 0.0949. The van der Waals surface area contributed by atoms with Gasteiger partial charge in [-0.15, -0.1) is 0 Å². The van der Waals surface area contributed by atoms with Crippen LogP contribution in [0.4, 0.5) is 0 Å². The van der Waals surface area contributed by atoms with Crippen LogP contribution >= 0.6 is 0 Å². The smallest absolute Gasteiger partial charge is 0.231 e. The van der Waals surface area contributed by atoms with E-state index in [1.807, 2.05) is 0 Å². The molecule has 1 unspecified atom stereocenters. The summed E-state index contributed by atoms with van der Waals surface area (Å²) in [4.78, 5) is 0. The number of rotatable bonds is 0. The number of fused-ring (bicyclic) bond motifs is 1. The molecule has 2 heterocycles. The van der Waals surface area contributed by atoms with Gasteiger partial charge in [-0.3, -0.25) is 0 Å². The van der Waals surface area contributed by atoms with Crippen LogP contribution in [-0.2, 0) is 0 Å². The molecular formula is C2H5B3O. The molecular weight excluding hydrogens is 72.5 g/mol. The van der Waals surface area contributed by atoms with Gasteiger partial charge in [0.25, 0.3) is 0 Å². The van der Waals surface area contributed by atoms with E-state index in [9.17, 15) is 0 Å². The molecule has 0 radical (unpaired) electrons. The monoisotopic (exact) mass is 78.1 g/mol. The third-order valence-corrected chi connectivity index (χ3v) is 2.29. The van der Waals surface area contributed by atoms with E-state index in [2.05, 4.69) is 6.92 Å². The van der Waals surface area contributed by atoms with Crippen LogP contribution in [0, 0.1) is 0 Å². The second kappa shape index (κ2) is 0.514. The third-order valence-electron chi connectivity index (χ3n) is 2.29. The molecule has 2 rings (SSSR count). The van der Waals surface area contributed by atoms with Crippen molar-refractivity contribution in [2.45, 2.75) is 12.0 Å². The van der Waals surface area contributed by atoms with Crippen molar-refractivity contribution in [3.63, 3.8) is 0 Å². The second-order valence-corrected chi connectivity index (χ2v) is 2.76. The van der Waals surface area contributed by atoms with Gasteiger partial charge in [-0.2, -0.15) is 0 Å². The van der Waals surface area contributed by atoms with Crippen molar-refractivity contribution in [3.8, 4) is 0 Å². The highest BCUT2D eigenvalue weighted by Gasteiger charge is 2.80. The van der Waals surface area contributed by atoms with E-state index < -0.39 is 0 Å². The van der Waals surface area contributed by atoms with Gasteiger partial charge in [0, 0.05) is 0 Å². The summed E-state index contributed by atoms with van der Waals surface area (Å²) in [6.45, 7) is 2.96. The zero-order valence-corrected chi connectivity index (χ0v) is 3.81. The van der Waals surface area contributed by atoms with Gasteiger partial charge in [0.05, 0.1) is 7.17 Å². The van der Waals surface area contributed by atoms with Gasteiger partial charge in [0.15, 0.2) is 0 Å². The molecule has 0 amide bonds. The van der Waals surface area contributed by atoms with Crippen molar-refractivity contribution in [2.75, 3.05) is 0 Å². The number of hydrogen-bond donors (Lipinski definition) is 1. The Balaban J connectivity index is 2.23. The first kappa shape index (κ1) is 3.19. The van der Waals surface area contributed by atoms with Crippen LogP contribution in [0.15, 0.2) is 0 Å². The lowest BCUT2D eigenvalue weighted by Gasteiger charge is -1.90. The van der Waals surface area contributed by atoms with E-state index in [1.165, 1.54) is 7.17 Å². The maximum atomic E-state index is 8.74. The summed E-state index contributed by atoms with van der Waals surface area (Å²) >= 11 is 0. The number of hydrogen-bond acceptors (Lipinski definition) is 1. The van der Waals surface area contributed by atoms with Gasteiger partial charge in [0.2, 0.25) is 6.81 Å². The minimum Gasteiger partial charge on any atom is -0.460 e. The molecule has 4 heteroatoms. The highest BCUT2D eigenvalue weighted by molar-refractivity contribution is 7.80. The molecule has 0 bridgehead atoms. The summed E-state index contributed by atoms with van der Waals surface area (Å²) in [5.74, 6) is 0. The summed E-state index contributed by atoms with van der Waals surface area (Å²) in [5.41, 5.74) is 0. The molecule has 2 aliphatic heterocycles. The van der Waals surface area contributed by atoms with E-state index >= 15 is 0 Å². The van der Waals surface area contributed by atoms with Gasteiger partial charge >= 0.3 is 0 Å². The summed E-state index contributed by atoms with van der Waals surface area (Å²) in [5, 5.41) is 9.17. The zero-order chi connectivity index (χ0) is 4.36. The predicted molar refractivity (Wildman–Crippen MR) is 29.2 cm³/mol. The first-order valence-electron chi connectivity index (χ1n) is 2.43. The largest absolute Gasteiger partial charge is 0.460 e. The lowest BCUT2D eigenvalue weighted by Crippen LogP contribution is -2.12. The maximum Gasteiger partial charge on any atom is 0.231 e. The Morgan fingerprint density at radius 1 is 1.83 bits per heavy atom. The van der Waals surface area contributed by atoms with Gasteiger partial charge in [0.1, 0.15) is 6.49 Å². The first-order valence-corrected chi connectivity index (χ1v) is 2.43. The fraction of sp³-hybridized carbons (Fsp3) is 1.00. The molecule has 2 fully saturated rings. The lowest BCUT2D eigenvalue weighted by molar-refractivity contribution is 0.596. The van der Waals surface area contributed by atoms with Crippen molar-refractivity contribution < 1.29 is 5.02 Å². The van der Waals surface area contributed by atoms with Crippen molar-refractivity contribution in [1.82, 2.24) is 0 Å². The van der Waals surface area contributed by atoms with Crippen LogP contribution in [-0.4, -0.2) is 25.5 Å². The Kier molecular flexibility index (Phi) is 0.274. The molecule has 1 atom stereocenters. The summed E-state index contributed by atoms with van der Waals surface area (Å²) in [7, 11) is 1.29. The molecule has 0 aromatic rings. The normalized spacial score (nSPS) is 47.7. The molecule has 2 saturated heterocycles. The van der Waals surface area contributed by atoms with Gasteiger partial charge < -0.3 is 5.02 Å². The quantitative estimate of drug-likeness (QED) is 0.359. The Morgan fingerprint density at radius 2 is 2.17 bits per heavy atom. The minimum absolute atomic E-state index is 0.0949. The molecule has 28 valence electrons. The van der Waals surface area contributed by atoms with Crippen molar-refractivity contribution in [2.24, 2.45) is 0 Å². The van der Waals surface area contributed by atoms with Crippen LogP contribution in [0.1, 0.15) is 6.92 Å². The standard InChI is InChI=1S/C2H5B3O/c1-2-3-4(2)5(2)6/h3,6H,1H3. The van der Waals surface area contributed by atoms with E-state index in [1.54, 1.807) is 0 Å². The molecule has 0 aliphatic carbocycles. The first-order chi connectivity index (χ1) is 2.75. The predicted octanol–water partition coefficient (Wildman–Crippen LogP) is -1.24. The fourth-order valence-corrected chi connectivity index (χ4v) is 1.12. The summed E-state index contributed by atoms with van der Waals surface area (Å²) in [6, 6.07) is 0. The fourth-order valence-electron chi connectivity index (χ4n) is 1.12. The molecule has 1 N–H and O–H groups in total. The average molecular weight is 77.5 g/mol. The van der Waals surface area contributed by atoms with Crippen LogP contribution in [0.5, 0.6) is 0 Å². The molecule has 0 aromatic carbocycles. The SMILES string of the molecule is CC12BB1B2O. The van der Waals surface area contributed by atoms with Crippen molar-refractivity contribution in [3.05, 3.63) is 0 Å². The van der Waals surface area contributed by atoms with E-state index in [4.69, 9.17) is 5.02 Å². The van der Waals surface area contributed by atoms with Crippen LogP contribution < -0.4 is 0 Å². The molecule has 0 saturated carbocycles. The molecule has 0 spiro atoms. The Bertz CT molecular complexity index is 99.0. The third kappa shape index (κ3) is 0.141. The molecule has 1 nitrogen and oxygen atoms in total. The van der Waals surface area contributed by atoms with E-state index in [0.29, 0.717) is 5.11 Å². The van der Waals surface area contributed by atoms with Gasteiger partial charge in [-0.25, -0.2) is 0 Å². The molecule has 2 aliphatic rings. The van der Waals surface area contributed by atoms with Crippen LogP contribution in [0.2, 0.25) is 5.11 Å². The van der Waals surface area contributed by atoms with Crippen LogP contribution in [0.25, 0.3) is 0 Å². The second-order valence-electron chi connectivity index (χ2n) is 2.76. The Morgan fingerprint density at radius 3 is 2.17 bits per heavy atom. The summed E-state index contributed by atoms with van der Waals surface area (Å²) in [6.07, 6.45) is 0. The van der Waals surface area contributed by atoms with Crippen molar-refractivity contribution in [1.29, 1.82) is 0 Å². The van der Waals surface area contributed by atoms with E-state index in [0.717, 1.165) is 6.49 Å². The van der Waals surface area contributed by atoms with Crippen LogP contribution in [0.3, 0.4) is 0 Å². The Hall–Kier alpha value is 0.155. The zero-order valence-electron chi connectivity index (χ0n) is 3.81. The van der Waals surface area contributed by atoms with Gasteiger partial charge in [-0.1, -0.05) is 12.0 Å². The van der Waals surface area contributed by atoms with E-state index in [-0.39, 0.29) is 6.81 Å². The molecule has 0 aromatic heterocycles. The highest BCUT2D eigenvalue weighted by atomic mass is 16.2. The summed E-state index contributed by atoms with van der Waals surface area (Å²) < 4.78 is 0. The lowest BCUT2D eigenvalue weighted by atomic mass is 9.29. The van der Waals surface area contributed by atoms with Crippen molar-refractivity contribution >= 4 is 20.5 Å². The maximum absolute atomic E-state index is 8.74. The average Bonchev–Trinajstić information content (AvgIpc) is 2.24. The van der Waals surface area contributed by atoms with Gasteiger partial charge in [-0.05, 0) is 0 Å². The Labute approximate surface area is 38.5 Å².